The van der Waals surface area contributed by atoms with E-state index in [4.69, 9.17) is 18.0 Å². The molecule has 3 atom stereocenters. The molecule has 4 nitrogen and oxygen atoms in total. The lowest BCUT2D eigenvalue weighted by atomic mass is 9.98. The molecule has 1 rings (SSSR count). The van der Waals surface area contributed by atoms with Crippen molar-refractivity contribution in [3.8, 4) is 0 Å². The van der Waals surface area contributed by atoms with Crippen LogP contribution >= 0.6 is 12.2 Å². The minimum absolute atomic E-state index is 0.0581. The van der Waals surface area contributed by atoms with Crippen LogP contribution in [0, 0.1) is 5.92 Å². The molecular weight excluding hydrogens is 304 g/mol. The van der Waals surface area contributed by atoms with Gasteiger partial charge in [-0.15, -0.1) is 0 Å². The van der Waals surface area contributed by atoms with Crippen LogP contribution in [0.5, 0.6) is 0 Å². The van der Waals surface area contributed by atoms with E-state index in [2.05, 4.69) is 5.32 Å². The van der Waals surface area contributed by atoms with Gasteiger partial charge in [-0.05, 0) is 18.4 Å². The molecule has 1 aromatic carbocycles. The molecule has 0 spiro atoms. The van der Waals surface area contributed by atoms with E-state index in [1.807, 2.05) is 37.3 Å². The van der Waals surface area contributed by atoms with Crippen LogP contribution < -0.4 is 11.1 Å². The number of nitrogens with two attached hydrogens (primary N) is 1. The molecule has 6 heteroatoms. The monoisotopic (exact) mass is 326 g/mol. The summed E-state index contributed by atoms with van der Waals surface area (Å²) in [5, 5.41) is 2.89. The molecule has 0 bridgehead atoms. The van der Waals surface area contributed by atoms with Crippen LogP contribution in [0.25, 0.3) is 0 Å². The fourth-order valence-electron chi connectivity index (χ4n) is 1.86. The van der Waals surface area contributed by atoms with Crippen LogP contribution in [0.1, 0.15) is 18.9 Å². The fraction of sp³-hybridized carbons (Fsp3) is 0.467. The second-order valence-corrected chi connectivity index (χ2v) is 7.31. The summed E-state index contributed by atoms with van der Waals surface area (Å²) < 4.78 is 11.3. The van der Waals surface area contributed by atoms with Crippen LogP contribution in [0.3, 0.4) is 0 Å². The minimum atomic E-state index is -0.878. The Morgan fingerprint density at radius 1 is 1.38 bits per heavy atom. The van der Waals surface area contributed by atoms with E-state index in [1.54, 1.807) is 6.26 Å². The molecule has 0 saturated heterocycles. The van der Waals surface area contributed by atoms with Crippen molar-refractivity contribution in [1.82, 2.24) is 5.32 Å². The molecule has 0 aliphatic rings. The van der Waals surface area contributed by atoms with Gasteiger partial charge in [0.05, 0.1) is 10.9 Å². The maximum absolute atomic E-state index is 12.2. The van der Waals surface area contributed by atoms with Crippen LogP contribution in [0.2, 0.25) is 0 Å². The number of nitrogens with one attached hydrogen (secondary N) is 1. The largest absolute Gasteiger partial charge is 0.393 e. The number of benzene rings is 1. The highest BCUT2D eigenvalue weighted by Crippen LogP contribution is 2.10. The molecule has 0 aliphatic carbocycles. The van der Waals surface area contributed by atoms with Gasteiger partial charge in [-0.25, -0.2) is 0 Å². The lowest BCUT2D eigenvalue weighted by Gasteiger charge is -2.16. The molecule has 1 aromatic rings. The SMILES string of the molecule is CC(CCNC(=O)C(Cc1ccccc1)C(N)=S)S(C)=O. The van der Waals surface area contributed by atoms with Gasteiger partial charge in [-0.1, -0.05) is 49.5 Å². The molecular formula is C15H22N2O2S2. The molecule has 0 radical (unpaired) electrons. The van der Waals surface area contributed by atoms with Gasteiger partial charge < -0.3 is 11.1 Å². The van der Waals surface area contributed by atoms with Crippen LogP contribution in [0.4, 0.5) is 0 Å². The maximum Gasteiger partial charge on any atom is 0.230 e. The van der Waals surface area contributed by atoms with E-state index in [0.717, 1.165) is 5.56 Å². The van der Waals surface area contributed by atoms with Gasteiger partial charge in [0.1, 0.15) is 0 Å². The predicted molar refractivity (Wildman–Crippen MR) is 91.6 cm³/mol. The van der Waals surface area contributed by atoms with Crippen molar-refractivity contribution in [3.05, 3.63) is 35.9 Å². The van der Waals surface area contributed by atoms with Gasteiger partial charge >= 0.3 is 0 Å². The Morgan fingerprint density at radius 2 is 2.00 bits per heavy atom. The fourth-order valence-corrected chi connectivity index (χ4v) is 2.50. The van der Waals surface area contributed by atoms with Gasteiger partial charge in [0, 0.05) is 28.9 Å². The smallest absolute Gasteiger partial charge is 0.230 e. The number of hydrogen-bond acceptors (Lipinski definition) is 3. The zero-order valence-corrected chi connectivity index (χ0v) is 14.0. The summed E-state index contributed by atoms with van der Waals surface area (Å²) in [7, 11) is -0.878. The molecule has 0 aromatic heterocycles. The third-order valence-corrected chi connectivity index (χ3v) is 5.01. The average Bonchev–Trinajstić information content (AvgIpc) is 2.45. The first kappa shape index (κ1) is 17.8. The van der Waals surface area contributed by atoms with Crippen LogP contribution in [-0.2, 0) is 22.0 Å². The summed E-state index contributed by atoms with van der Waals surface area (Å²) in [6.07, 6.45) is 2.83. The van der Waals surface area contributed by atoms with Crippen LogP contribution in [-0.4, -0.2) is 33.2 Å². The molecule has 0 heterocycles. The molecule has 0 aliphatic heterocycles. The quantitative estimate of drug-likeness (QED) is 0.709. The van der Waals surface area contributed by atoms with Gasteiger partial charge in [0.15, 0.2) is 0 Å². The Bertz CT molecular complexity index is 506. The van der Waals surface area contributed by atoms with E-state index in [1.165, 1.54) is 0 Å². The number of amides is 1. The number of carbonyl (C=O) groups excluding carboxylic acids is 1. The van der Waals surface area contributed by atoms with Gasteiger partial charge in [0.2, 0.25) is 5.91 Å². The second-order valence-electron chi connectivity index (χ2n) is 5.03. The summed E-state index contributed by atoms with van der Waals surface area (Å²) in [5.41, 5.74) is 6.71. The first-order valence-corrected chi connectivity index (χ1v) is 8.88. The van der Waals surface area contributed by atoms with Gasteiger partial charge in [-0.2, -0.15) is 0 Å². The Hall–Kier alpha value is -1.27. The van der Waals surface area contributed by atoms with E-state index >= 15 is 0 Å². The van der Waals surface area contributed by atoms with Crippen molar-refractivity contribution in [2.75, 3.05) is 12.8 Å². The zero-order chi connectivity index (χ0) is 15.8. The van der Waals surface area contributed by atoms with Crippen molar-refractivity contribution in [3.63, 3.8) is 0 Å². The van der Waals surface area contributed by atoms with E-state index < -0.39 is 16.7 Å². The first-order valence-electron chi connectivity index (χ1n) is 6.85. The third-order valence-electron chi connectivity index (χ3n) is 3.36. The highest BCUT2D eigenvalue weighted by atomic mass is 32.2. The van der Waals surface area contributed by atoms with Crippen molar-refractivity contribution in [2.45, 2.75) is 25.0 Å². The second kappa shape index (κ2) is 8.89. The topological polar surface area (TPSA) is 72.2 Å². The summed E-state index contributed by atoms with van der Waals surface area (Å²) in [5.74, 6) is -0.676. The minimum Gasteiger partial charge on any atom is -0.393 e. The van der Waals surface area contributed by atoms with Gasteiger partial charge in [-0.3, -0.25) is 9.00 Å². The summed E-state index contributed by atoms with van der Waals surface area (Å²) >= 11 is 5.00. The summed E-state index contributed by atoms with van der Waals surface area (Å²) in [4.78, 5) is 12.4. The number of carbonyl (C=O) groups is 1. The molecule has 3 unspecified atom stereocenters. The van der Waals surface area contributed by atoms with Crippen molar-refractivity contribution in [2.24, 2.45) is 11.7 Å². The zero-order valence-electron chi connectivity index (χ0n) is 12.4. The molecule has 21 heavy (non-hydrogen) atoms. The van der Waals surface area contributed by atoms with E-state index in [9.17, 15) is 9.00 Å². The molecule has 116 valence electrons. The normalized spacial score (nSPS) is 15.0. The third kappa shape index (κ3) is 6.35. The van der Waals surface area contributed by atoms with E-state index in [0.29, 0.717) is 19.4 Å². The molecule has 0 fully saturated rings. The van der Waals surface area contributed by atoms with Crippen molar-refractivity contribution < 1.29 is 9.00 Å². The lowest BCUT2D eigenvalue weighted by molar-refractivity contribution is -0.122. The Labute approximate surface area is 134 Å². The number of hydrogen-bond donors (Lipinski definition) is 2. The van der Waals surface area contributed by atoms with Crippen molar-refractivity contribution in [1.29, 1.82) is 0 Å². The van der Waals surface area contributed by atoms with Crippen molar-refractivity contribution >= 4 is 33.9 Å². The molecule has 3 N–H and O–H groups in total. The lowest BCUT2D eigenvalue weighted by Crippen LogP contribution is -2.40. The standard InChI is InChI=1S/C15H22N2O2S2/c1-11(21(2)19)8-9-17-15(18)13(14(16)20)10-12-6-4-3-5-7-12/h3-7,11,13H,8-10H2,1-2H3,(H2,16,20)(H,17,18). The Balaban J connectivity index is 2.54. The maximum atomic E-state index is 12.2. The summed E-state index contributed by atoms with van der Waals surface area (Å²) in [6.45, 7) is 2.38. The Kier molecular flexibility index (Phi) is 7.53. The summed E-state index contributed by atoms with van der Waals surface area (Å²) in [6, 6.07) is 9.65. The number of rotatable bonds is 8. The predicted octanol–water partition coefficient (Wildman–Crippen LogP) is 1.40. The Morgan fingerprint density at radius 3 is 2.52 bits per heavy atom. The molecule has 0 saturated carbocycles. The number of thiocarbonyl (C=S) groups is 1. The highest BCUT2D eigenvalue weighted by Gasteiger charge is 2.21. The van der Waals surface area contributed by atoms with E-state index in [-0.39, 0.29) is 16.1 Å². The molecule has 1 amide bonds. The van der Waals surface area contributed by atoms with Crippen LogP contribution in [0.15, 0.2) is 30.3 Å². The first-order chi connectivity index (χ1) is 9.91. The van der Waals surface area contributed by atoms with Gasteiger partial charge in [0.25, 0.3) is 0 Å². The average molecular weight is 326 g/mol. The highest BCUT2D eigenvalue weighted by molar-refractivity contribution is 7.84.